The van der Waals surface area contributed by atoms with Crippen LogP contribution in [0.2, 0.25) is 10.0 Å². The molecule has 4 rings (SSSR count). The van der Waals surface area contributed by atoms with Gasteiger partial charge in [0.15, 0.2) is 6.61 Å². The van der Waals surface area contributed by atoms with Gasteiger partial charge < -0.3 is 15.2 Å². The second-order valence-electron chi connectivity index (χ2n) is 8.01. The molecule has 9 heteroatoms. The van der Waals surface area contributed by atoms with E-state index in [0.717, 1.165) is 43.4 Å². The Morgan fingerprint density at radius 2 is 1.85 bits per heavy atom. The molecule has 1 aliphatic rings. The van der Waals surface area contributed by atoms with Crippen molar-refractivity contribution in [3.63, 3.8) is 0 Å². The maximum Gasteiger partial charge on any atom is 0.354 e. The minimum absolute atomic E-state index is 0.0152. The third-order valence-electron chi connectivity index (χ3n) is 5.59. The molecule has 1 fully saturated rings. The summed E-state index contributed by atoms with van der Waals surface area (Å²) in [5.41, 5.74) is 1.66. The molecule has 1 amide bonds. The number of aromatic carboxylic acids is 1. The van der Waals surface area contributed by atoms with Crippen LogP contribution in [0.4, 0.5) is 0 Å². The number of halogens is 2. The van der Waals surface area contributed by atoms with Crippen molar-refractivity contribution >= 4 is 46.0 Å². The lowest BCUT2D eigenvalue weighted by Crippen LogP contribution is -2.45. The van der Waals surface area contributed by atoms with Crippen LogP contribution in [0.5, 0.6) is 5.75 Å². The maximum absolute atomic E-state index is 12.4. The summed E-state index contributed by atoms with van der Waals surface area (Å²) in [6.45, 7) is 2.46. The van der Waals surface area contributed by atoms with Crippen LogP contribution in [0.15, 0.2) is 48.5 Å². The highest BCUT2D eigenvalue weighted by atomic mass is 35.5. The Bertz CT molecular complexity index is 1180. The molecule has 2 N–H and O–H groups in total. The van der Waals surface area contributed by atoms with Crippen LogP contribution in [-0.2, 0) is 11.3 Å². The van der Waals surface area contributed by atoms with Crippen LogP contribution in [0.3, 0.4) is 0 Å². The first-order chi connectivity index (χ1) is 15.9. The van der Waals surface area contributed by atoms with Gasteiger partial charge in [-0.05, 0) is 54.8 Å². The molecular weight excluding hydrogens is 465 g/mol. The highest BCUT2D eigenvalue weighted by molar-refractivity contribution is 6.42. The minimum atomic E-state index is -1.07. The molecule has 3 aromatic rings. The lowest BCUT2D eigenvalue weighted by Gasteiger charge is -2.32. The SMILES string of the molecule is O=C(COc1ccc2nc(C(=O)O)ccc2c1)NC1CCN(Cc2ccc(Cl)c(Cl)c2)CC1. The van der Waals surface area contributed by atoms with Crippen LogP contribution < -0.4 is 10.1 Å². The first kappa shape index (κ1) is 23.3. The number of rotatable bonds is 7. The molecule has 2 aromatic carbocycles. The van der Waals surface area contributed by atoms with Crippen molar-refractivity contribution < 1.29 is 19.4 Å². The minimum Gasteiger partial charge on any atom is -0.484 e. The maximum atomic E-state index is 12.4. The smallest absolute Gasteiger partial charge is 0.354 e. The molecule has 0 bridgehead atoms. The van der Waals surface area contributed by atoms with E-state index in [9.17, 15) is 9.59 Å². The third-order valence-corrected chi connectivity index (χ3v) is 6.33. The topological polar surface area (TPSA) is 91.8 Å². The number of benzene rings is 2. The summed E-state index contributed by atoms with van der Waals surface area (Å²) in [5, 5.41) is 13.9. The van der Waals surface area contributed by atoms with Crippen LogP contribution >= 0.6 is 23.2 Å². The summed E-state index contributed by atoms with van der Waals surface area (Å²) in [5.74, 6) is -0.717. The normalized spacial score (nSPS) is 14.8. The van der Waals surface area contributed by atoms with E-state index in [2.05, 4.69) is 15.2 Å². The van der Waals surface area contributed by atoms with Crippen molar-refractivity contribution in [3.05, 3.63) is 69.8 Å². The predicted molar refractivity (Wildman–Crippen MR) is 127 cm³/mol. The number of nitrogens with one attached hydrogen (secondary N) is 1. The van der Waals surface area contributed by atoms with Crippen molar-refractivity contribution in [1.29, 1.82) is 0 Å². The summed E-state index contributed by atoms with van der Waals surface area (Å²) in [6, 6.07) is 14.0. The van der Waals surface area contributed by atoms with E-state index in [1.54, 1.807) is 24.3 Å². The Hall–Kier alpha value is -2.87. The average Bonchev–Trinajstić information content (AvgIpc) is 2.81. The second kappa shape index (κ2) is 10.4. The Balaban J connectivity index is 1.23. The van der Waals surface area contributed by atoms with Crippen molar-refractivity contribution in [2.45, 2.75) is 25.4 Å². The lowest BCUT2D eigenvalue weighted by molar-refractivity contribution is -0.124. The summed E-state index contributed by atoms with van der Waals surface area (Å²) in [4.78, 5) is 29.8. The Labute approximate surface area is 201 Å². The van der Waals surface area contributed by atoms with E-state index >= 15 is 0 Å². The first-order valence-electron chi connectivity index (χ1n) is 10.6. The van der Waals surface area contributed by atoms with Gasteiger partial charge in [0.1, 0.15) is 11.4 Å². The zero-order chi connectivity index (χ0) is 23.4. The highest BCUT2D eigenvalue weighted by Crippen LogP contribution is 2.24. The van der Waals surface area contributed by atoms with Gasteiger partial charge in [0, 0.05) is 31.1 Å². The van der Waals surface area contributed by atoms with Crippen LogP contribution in [0.25, 0.3) is 10.9 Å². The number of carboxylic acids is 1. The molecule has 33 heavy (non-hydrogen) atoms. The van der Waals surface area contributed by atoms with E-state index in [1.807, 2.05) is 18.2 Å². The standard InChI is InChI=1S/C24H23Cl2N3O4/c25-19-4-1-15(11-20(19)26)13-29-9-7-17(8-10-29)27-23(30)14-33-18-3-6-21-16(12-18)2-5-22(28-21)24(31)32/h1-6,11-12,17H,7-10,13-14H2,(H,27,30)(H,31,32). The lowest BCUT2D eigenvalue weighted by atomic mass is 10.0. The predicted octanol–water partition coefficient (Wildman–Crippen LogP) is 4.40. The van der Waals surface area contributed by atoms with Gasteiger partial charge in [-0.2, -0.15) is 0 Å². The van der Waals surface area contributed by atoms with Gasteiger partial charge >= 0.3 is 5.97 Å². The van der Waals surface area contributed by atoms with Crippen molar-refractivity contribution in [1.82, 2.24) is 15.2 Å². The highest BCUT2D eigenvalue weighted by Gasteiger charge is 2.21. The first-order valence-corrected chi connectivity index (χ1v) is 11.4. The van der Waals surface area contributed by atoms with Crippen molar-refractivity contribution in [3.8, 4) is 5.75 Å². The van der Waals surface area contributed by atoms with Crippen LogP contribution in [-0.4, -0.2) is 52.6 Å². The Morgan fingerprint density at radius 1 is 1.06 bits per heavy atom. The quantitative estimate of drug-likeness (QED) is 0.513. The monoisotopic (exact) mass is 487 g/mol. The molecule has 0 aliphatic carbocycles. The summed E-state index contributed by atoms with van der Waals surface area (Å²) in [7, 11) is 0. The zero-order valence-electron chi connectivity index (χ0n) is 17.8. The van der Waals surface area contributed by atoms with E-state index in [0.29, 0.717) is 21.3 Å². The fraction of sp³-hybridized carbons (Fsp3) is 0.292. The Morgan fingerprint density at radius 3 is 2.58 bits per heavy atom. The number of piperidine rings is 1. The van der Waals surface area contributed by atoms with Gasteiger partial charge in [0.25, 0.3) is 5.91 Å². The fourth-order valence-corrected chi connectivity index (χ4v) is 4.18. The molecule has 0 unspecified atom stereocenters. The van der Waals surface area contributed by atoms with E-state index in [-0.39, 0.29) is 24.2 Å². The number of carbonyl (C=O) groups is 2. The molecule has 0 saturated carbocycles. The second-order valence-corrected chi connectivity index (χ2v) is 8.83. The molecule has 2 heterocycles. The number of aromatic nitrogens is 1. The summed E-state index contributed by atoms with van der Waals surface area (Å²) < 4.78 is 5.63. The van der Waals surface area contributed by atoms with Gasteiger partial charge in [-0.1, -0.05) is 35.3 Å². The molecule has 0 spiro atoms. The molecule has 172 valence electrons. The number of nitrogens with zero attached hydrogens (tertiary/aromatic N) is 2. The van der Waals surface area contributed by atoms with Crippen LogP contribution in [0, 0.1) is 0 Å². The van der Waals surface area contributed by atoms with Gasteiger partial charge in [-0.25, -0.2) is 9.78 Å². The number of fused-ring (bicyclic) bond motifs is 1. The Kier molecular flexibility index (Phi) is 7.33. The van der Waals surface area contributed by atoms with Gasteiger partial charge in [-0.3, -0.25) is 9.69 Å². The van der Waals surface area contributed by atoms with E-state index in [4.69, 9.17) is 33.0 Å². The van der Waals surface area contributed by atoms with Crippen LogP contribution in [0.1, 0.15) is 28.9 Å². The largest absolute Gasteiger partial charge is 0.484 e. The van der Waals surface area contributed by atoms with E-state index in [1.165, 1.54) is 6.07 Å². The van der Waals surface area contributed by atoms with Gasteiger partial charge in [0.05, 0.1) is 15.6 Å². The number of likely N-dealkylation sites (tertiary alicyclic amines) is 1. The molecule has 1 saturated heterocycles. The third kappa shape index (κ3) is 6.13. The number of hydrogen-bond acceptors (Lipinski definition) is 5. The van der Waals surface area contributed by atoms with Crippen molar-refractivity contribution in [2.24, 2.45) is 0 Å². The number of carbonyl (C=O) groups excluding carboxylic acids is 1. The number of pyridine rings is 1. The molecular formula is C24H23Cl2N3O4. The number of amides is 1. The number of carboxylic acid groups (broad SMARTS) is 1. The number of ether oxygens (including phenoxy) is 1. The molecule has 0 radical (unpaired) electrons. The fourth-order valence-electron chi connectivity index (χ4n) is 3.86. The van der Waals surface area contributed by atoms with E-state index < -0.39 is 5.97 Å². The summed E-state index contributed by atoms with van der Waals surface area (Å²) >= 11 is 12.1. The molecule has 0 atom stereocenters. The zero-order valence-corrected chi connectivity index (χ0v) is 19.3. The summed E-state index contributed by atoms with van der Waals surface area (Å²) in [6.07, 6.45) is 1.72. The molecule has 1 aliphatic heterocycles. The number of hydrogen-bond donors (Lipinski definition) is 2. The molecule has 7 nitrogen and oxygen atoms in total. The van der Waals surface area contributed by atoms with Crippen molar-refractivity contribution in [2.75, 3.05) is 19.7 Å². The van der Waals surface area contributed by atoms with Gasteiger partial charge in [-0.15, -0.1) is 0 Å². The average molecular weight is 488 g/mol. The van der Waals surface area contributed by atoms with Gasteiger partial charge in [0.2, 0.25) is 0 Å². The molecule has 1 aromatic heterocycles.